The molecule has 0 spiro atoms. The maximum atomic E-state index is 11.5. The molecule has 2 rings (SSSR count). The van der Waals surface area contributed by atoms with E-state index in [1.807, 2.05) is 37.4 Å². The van der Waals surface area contributed by atoms with Crippen LogP contribution in [0, 0.1) is 0 Å². The van der Waals surface area contributed by atoms with Crippen LogP contribution in [0.5, 0.6) is 5.88 Å². The molecule has 0 aliphatic carbocycles. The smallest absolute Gasteiger partial charge is 0.271 e. The average Bonchev–Trinajstić information content (AvgIpc) is 2.35. The van der Waals surface area contributed by atoms with Crippen molar-refractivity contribution in [2.45, 2.75) is 13.2 Å². The van der Waals surface area contributed by atoms with Crippen molar-refractivity contribution in [3.8, 4) is 5.88 Å². The van der Waals surface area contributed by atoms with Crippen molar-refractivity contribution >= 4 is 0 Å². The summed E-state index contributed by atoms with van der Waals surface area (Å²) in [5.41, 5.74) is 0.934. The molecular formula is C13H15N3O2. The highest BCUT2D eigenvalue weighted by Gasteiger charge is 2.06. The Labute approximate surface area is 105 Å². The fraction of sp³-hybridized carbons (Fsp3) is 0.231. The molecule has 5 nitrogen and oxygen atoms in total. The number of quaternary nitrogens is 1. The number of hydrogen-bond acceptors (Lipinski definition) is 3. The Morgan fingerprint density at radius 3 is 2.67 bits per heavy atom. The molecule has 0 fully saturated rings. The molecule has 0 radical (unpaired) electrons. The number of nitrogens with zero attached hydrogens (tertiary/aromatic N) is 2. The minimum absolute atomic E-state index is 0.248. The lowest BCUT2D eigenvalue weighted by atomic mass is 10.2. The second-order valence-electron chi connectivity index (χ2n) is 4.29. The van der Waals surface area contributed by atoms with Gasteiger partial charge in [-0.1, -0.05) is 30.3 Å². The molecule has 1 N–H and O–H groups in total. The van der Waals surface area contributed by atoms with Gasteiger partial charge in [0.1, 0.15) is 6.54 Å². The molecule has 18 heavy (non-hydrogen) atoms. The number of hydrogen-bond donors (Lipinski definition) is 1. The third-order valence-corrected chi connectivity index (χ3v) is 2.61. The molecule has 0 bridgehead atoms. The van der Waals surface area contributed by atoms with Gasteiger partial charge in [0.25, 0.3) is 5.56 Å². The molecule has 0 aliphatic heterocycles. The monoisotopic (exact) mass is 245 g/mol. The van der Waals surface area contributed by atoms with Crippen molar-refractivity contribution in [3.05, 3.63) is 58.4 Å². The molecule has 1 aromatic carbocycles. The van der Waals surface area contributed by atoms with Gasteiger partial charge in [-0.25, -0.2) is 0 Å². The van der Waals surface area contributed by atoms with Crippen LogP contribution in [0.15, 0.2) is 47.3 Å². The van der Waals surface area contributed by atoms with Crippen molar-refractivity contribution < 1.29 is 10.0 Å². The maximum absolute atomic E-state index is 11.5. The van der Waals surface area contributed by atoms with Crippen LogP contribution in [-0.4, -0.2) is 16.8 Å². The highest BCUT2D eigenvalue weighted by atomic mass is 16.3. The van der Waals surface area contributed by atoms with Crippen LogP contribution in [-0.2, 0) is 13.2 Å². The van der Waals surface area contributed by atoms with Gasteiger partial charge in [0, 0.05) is 17.5 Å². The van der Waals surface area contributed by atoms with Gasteiger partial charge < -0.3 is 10.0 Å². The first-order valence-electron chi connectivity index (χ1n) is 5.75. The molecule has 1 aromatic heterocycles. The Hall–Kier alpha value is -2.14. The Bertz CT molecular complexity index is 566. The van der Waals surface area contributed by atoms with Crippen LogP contribution in [0.1, 0.15) is 5.56 Å². The van der Waals surface area contributed by atoms with E-state index in [9.17, 15) is 9.90 Å². The van der Waals surface area contributed by atoms with Gasteiger partial charge in [0.05, 0.1) is 7.05 Å². The molecule has 1 atom stereocenters. The summed E-state index contributed by atoms with van der Waals surface area (Å²) in [7, 11) is 1.96. The van der Waals surface area contributed by atoms with Crippen LogP contribution in [0.3, 0.4) is 0 Å². The number of aromatic nitrogens is 2. The minimum atomic E-state index is -0.387. The summed E-state index contributed by atoms with van der Waals surface area (Å²) in [5.74, 6) is -0.387. The first-order chi connectivity index (χ1) is 8.65. The van der Waals surface area contributed by atoms with Gasteiger partial charge in [0.2, 0.25) is 0 Å². The maximum Gasteiger partial charge on any atom is 0.271 e. The second-order valence-corrected chi connectivity index (χ2v) is 4.29. The summed E-state index contributed by atoms with van der Waals surface area (Å²) < 4.78 is 1.21. The van der Waals surface area contributed by atoms with Crippen LogP contribution < -0.4 is 15.6 Å². The first kappa shape index (κ1) is 12.3. The largest absolute Gasteiger partial charge is 0.857 e. The quantitative estimate of drug-likeness (QED) is 0.750. The molecule has 2 aromatic rings. The lowest BCUT2D eigenvalue weighted by Gasteiger charge is -2.15. The molecule has 1 unspecified atom stereocenters. The van der Waals surface area contributed by atoms with E-state index in [0.29, 0.717) is 6.67 Å². The zero-order valence-corrected chi connectivity index (χ0v) is 10.2. The second kappa shape index (κ2) is 5.46. The predicted molar refractivity (Wildman–Crippen MR) is 65.0 cm³/mol. The van der Waals surface area contributed by atoms with Crippen LogP contribution in [0.2, 0.25) is 0 Å². The zero-order chi connectivity index (χ0) is 13.0. The van der Waals surface area contributed by atoms with E-state index >= 15 is 0 Å². The number of benzene rings is 1. The highest BCUT2D eigenvalue weighted by molar-refractivity contribution is 5.13. The van der Waals surface area contributed by atoms with E-state index in [4.69, 9.17) is 0 Å². The number of nitrogens with one attached hydrogen (secondary N) is 1. The standard InChI is InChI=1S/C13H15N3O2/c1-15(9-11-5-3-2-4-6-11)10-16-13(18)8-7-12(17)14-16/h2-8H,9-10H2,1H3,(H,14,17). The Morgan fingerprint density at radius 2 is 1.94 bits per heavy atom. The molecule has 0 saturated heterocycles. The molecule has 0 saturated carbocycles. The number of rotatable bonds is 4. The SMILES string of the molecule is C[NH+](Cc1ccccc1)Cn1nc([O-])ccc1=O. The van der Waals surface area contributed by atoms with Gasteiger partial charge in [-0.05, 0) is 6.07 Å². The van der Waals surface area contributed by atoms with Crippen molar-refractivity contribution in [2.75, 3.05) is 7.05 Å². The summed E-state index contributed by atoms with van der Waals surface area (Å²) in [6.45, 7) is 1.15. The molecule has 94 valence electrons. The average molecular weight is 245 g/mol. The highest BCUT2D eigenvalue weighted by Crippen LogP contribution is 1.95. The molecule has 0 amide bonds. The van der Waals surface area contributed by atoms with E-state index in [0.717, 1.165) is 11.4 Å². The van der Waals surface area contributed by atoms with Crippen molar-refractivity contribution in [2.24, 2.45) is 0 Å². The molecule has 0 aliphatic rings. The predicted octanol–water partition coefficient (Wildman–Crippen LogP) is -1.01. The third-order valence-electron chi connectivity index (χ3n) is 2.61. The lowest BCUT2D eigenvalue weighted by Crippen LogP contribution is -3.07. The fourth-order valence-electron chi connectivity index (χ4n) is 1.80. The third kappa shape index (κ3) is 3.18. The molecule has 5 heteroatoms. The van der Waals surface area contributed by atoms with Crippen molar-refractivity contribution in [1.82, 2.24) is 9.78 Å². The van der Waals surface area contributed by atoms with E-state index in [-0.39, 0.29) is 11.4 Å². The summed E-state index contributed by atoms with van der Waals surface area (Å²) in [6, 6.07) is 12.4. The molecule has 1 heterocycles. The van der Waals surface area contributed by atoms with Crippen molar-refractivity contribution in [3.63, 3.8) is 0 Å². The van der Waals surface area contributed by atoms with Crippen LogP contribution in [0.25, 0.3) is 0 Å². The van der Waals surface area contributed by atoms with Crippen LogP contribution in [0.4, 0.5) is 0 Å². The van der Waals surface area contributed by atoms with Gasteiger partial charge in [0.15, 0.2) is 6.67 Å². The van der Waals surface area contributed by atoms with E-state index in [1.165, 1.54) is 22.4 Å². The normalized spacial score (nSPS) is 12.3. The van der Waals surface area contributed by atoms with Crippen LogP contribution >= 0.6 is 0 Å². The summed E-state index contributed by atoms with van der Waals surface area (Å²) >= 11 is 0. The van der Waals surface area contributed by atoms with Gasteiger partial charge in [-0.3, -0.25) is 4.79 Å². The minimum Gasteiger partial charge on any atom is -0.857 e. The fourth-order valence-corrected chi connectivity index (χ4v) is 1.80. The molecular weight excluding hydrogens is 230 g/mol. The van der Waals surface area contributed by atoms with Gasteiger partial charge in [-0.2, -0.15) is 9.78 Å². The Morgan fingerprint density at radius 1 is 1.22 bits per heavy atom. The topological polar surface area (TPSA) is 62.4 Å². The Kier molecular flexibility index (Phi) is 3.74. The Balaban J connectivity index is 2.05. The summed E-state index contributed by atoms with van der Waals surface area (Å²) in [4.78, 5) is 12.6. The summed E-state index contributed by atoms with van der Waals surface area (Å²) in [6.07, 6.45) is 0. The van der Waals surface area contributed by atoms with E-state index < -0.39 is 0 Å². The van der Waals surface area contributed by atoms with Crippen molar-refractivity contribution in [1.29, 1.82) is 0 Å². The lowest BCUT2D eigenvalue weighted by molar-refractivity contribution is -0.917. The summed E-state index contributed by atoms with van der Waals surface area (Å²) in [5, 5.41) is 14.8. The zero-order valence-electron chi connectivity index (χ0n) is 10.2. The first-order valence-corrected chi connectivity index (χ1v) is 5.75. The van der Waals surface area contributed by atoms with E-state index in [2.05, 4.69) is 5.10 Å². The van der Waals surface area contributed by atoms with E-state index in [1.54, 1.807) is 0 Å². The van der Waals surface area contributed by atoms with Gasteiger partial charge in [-0.15, -0.1) is 0 Å². The van der Waals surface area contributed by atoms with Gasteiger partial charge >= 0.3 is 0 Å².